The van der Waals surface area contributed by atoms with E-state index in [0.29, 0.717) is 23.5 Å². The number of rotatable bonds is 6. The molecule has 1 aliphatic heterocycles. The van der Waals surface area contributed by atoms with E-state index in [2.05, 4.69) is 6.58 Å². The first-order chi connectivity index (χ1) is 10.2. The molecule has 0 unspecified atom stereocenters. The van der Waals surface area contributed by atoms with E-state index in [1.54, 1.807) is 29.2 Å². The van der Waals surface area contributed by atoms with Crippen molar-refractivity contribution < 1.29 is 14.3 Å². The number of hydrogen-bond donors (Lipinski definition) is 0. The SMILES string of the molecule is C=CCN1C(=O)COc2ccc(C(=O)CSCC#N)cc21. The van der Waals surface area contributed by atoms with Gasteiger partial charge < -0.3 is 9.64 Å². The van der Waals surface area contributed by atoms with E-state index >= 15 is 0 Å². The van der Waals surface area contributed by atoms with Crippen LogP contribution in [-0.2, 0) is 4.79 Å². The number of fused-ring (bicyclic) bond motifs is 1. The maximum Gasteiger partial charge on any atom is 0.265 e. The molecule has 0 bridgehead atoms. The average Bonchev–Trinajstić information content (AvgIpc) is 2.50. The Bertz CT molecular complexity index is 622. The van der Waals surface area contributed by atoms with Crippen molar-refractivity contribution in [2.75, 3.05) is 29.6 Å². The van der Waals surface area contributed by atoms with Crippen LogP contribution in [0.3, 0.4) is 0 Å². The van der Waals surface area contributed by atoms with E-state index in [1.807, 2.05) is 6.07 Å². The summed E-state index contributed by atoms with van der Waals surface area (Å²) < 4.78 is 5.36. The highest BCUT2D eigenvalue weighted by molar-refractivity contribution is 8.00. The Morgan fingerprint density at radius 3 is 3.10 bits per heavy atom. The Balaban J connectivity index is 2.24. The van der Waals surface area contributed by atoms with Gasteiger partial charge in [-0.05, 0) is 18.2 Å². The van der Waals surface area contributed by atoms with Crippen LogP contribution in [0.5, 0.6) is 5.75 Å². The van der Waals surface area contributed by atoms with Crippen LogP contribution in [0.15, 0.2) is 30.9 Å². The van der Waals surface area contributed by atoms with Gasteiger partial charge >= 0.3 is 0 Å². The Morgan fingerprint density at radius 1 is 1.57 bits per heavy atom. The van der Waals surface area contributed by atoms with Crippen molar-refractivity contribution in [2.24, 2.45) is 0 Å². The molecule has 0 spiro atoms. The largest absolute Gasteiger partial charge is 0.482 e. The molecule has 0 aliphatic carbocycles. The van der Waals surface area contributed by atoms with E-state index in [9.17, 15) is 9.59 Å². The average molecular weight is 302 g/mol. The molecular weight excluding hydrogens is 288 g/mol. The van der Waals surface area contributed by atoms with Crippen LogP contribution in [0.4, 0.5) is 5.69 Å². The summed E-state index contributed by atoms with van der Waals surface area (Å²) in [6.45, 7) is 4.00. The van der Waals surface area contributed by atoms with Crippen LogP contribution in [0.25, 0.3) is 0 Å². The number of benzene rings is 1. The molecule has 0 saturated heterocycles. The van der Waals surface area contributed by atoms with Crippen molar-refractivity contribution in [1.29, 1.82) is 5.26 Å². The lowest BCUT2D eigenvalue weighted by Crippen LogP contribution is -2.38. The fourth-order valence-corrected chi connectivity index (χ4v) is 2.52. The third-order valence-corrected chi connectivity index (χ3v) is 3.73. The molecule has 1 aromatic rings. The number of anilines is 1. The normalized spacial score (nSPS) is 13.1. The highest BCUT2D eigenvalue weighted by Crippen LogP contribution is 2.33. The highest BCUT2D eigenvalue weighted by Gasteiger charge is 2.25. The second-order valence-corrected chi connectivity index (χ2v) is 5.32. The third-order valence-electron chi connectivity index (χ3n) is 2.94. The van der Waals surface area contributed by atoms with Gasteiger partial charge in [0, 0.05) is 12.1 Å². The van der Waals surface area contributed by atoms with Crippen molar-refractivity contribution in [3.63, 3.8) is 0 Å². The number of nitrogens with zero attached hydrogens (tertiary/aromatic N) is 2. The van der Waals surface area contributed by atoms with Gasteiger partial charge in [0.2, 0.25) is 0 Å². The maximum absolute atomic E-state index is 12.1. The van der Waals surface area contributed by atoms with E-state index in [4.69, 9.17) is 10.00 Å². The molecule has 0 fully saturated rings. The number of ether oxygens (including phenoxy) is 1. The molecule has 0 aromatic heterocycles. The van der Waals surface area contributed by atoms with Gasteiger partial charge in [0.1, 0.15) is 5.75 Å². The number of Topliss-reactive ketones (excluding diaryl/α,β-unsaturated/α-hetero) is 1. The molecule has 0 atom stereocenters. The standard InChI is InChI=1S/C15H14N2O3S/c1-2-6-17-12-8-11(13(18)10-21-7-5-16)3-4-14(12)20-9-15(17)19/h2-4,8H,1,6-7,9-10H2. The fraction of sp³-hybridized carbons (Fsp3) is 0.267. The maximum atomic E-state index is 12.1. The second-order valence-electron chi connectivity index (χ2n) is 4.34. The number of carbonyl (C=O) groups excluding carboxylic acids is 2. The predicted octanol–water partition coefficient (Wildman–Crippen LogP) is 2.04. The summed E-state index contributed by atoms with van der Waals surface area (Å²) in [4.78, 5) is 25.5. The van der Waals surface area contributed by atoms with Gasteiger partial charge in [-0.1, -0.05) is 6.08 Å². The van der Waals surface area contributed by atoms with Crippen LogP contribution in [0.1, 0.15) is 10.4 Å². The zero-order valence-corrected chi connectivity index (χ0v) is 12.2. The molecule has 6 heteroatoms. The second kappa shape index (κ2) is 6.95. The predicted molar refractivity (Wildman–Crippen MR) is 81.8 cm³/mol. The lowest BCUT2D eigenvalue weighted by molar-refractivity contribution is -0.121. The minimum absolute atomic E-state index is 0.00778. The van der Waals surface area contributed by atoms with Crippen LogP contribution in [-0.4, -0.2) is 36.3 Å². The molecule has 21 heavy (non-hydrogen) atoms. The highest BCUT2D eigenvalue weighted by atomic mass is 32.2. The Hall–Kier alpha value is -2.26. The molecular formula is C15H14N2O3S. The molecule has 0 saturated carbocycles. The quantitative estimate of drug-likeness (QED) is 0.457. The third kappa shape index (κ3) is 3.44. The molecule has 1 aromatic carbocycles. The van der Waals surface area contributed by atoms with E-state index in [0.717, 1.165) is 0 Å². The van der Waals surface area contributed by atoms with Crippen LogP contribution in [0, 0.1) is 11.3 Å². The summed E-state index contributed by atoms with van der Waals surface area (Å²) in [5.41, 5.74) is 1.09. The zero-order valence-electron chi connectivity index (χ0n) is 11.4. The molecule has 1 amide bonds. The van der Waals surface area contributed by atoms with Crippen molar-refractivity contribution in [3.8, 4) is 11.8 Å². The van der Waals surface area contributed by atoms with Gasteiger partial charge in [-0.3, -0.25) is 9.59 Å². The molecule has 1 heterocycles. The minimum Gasteiger partial charge on any atom is -0.482 e. The monoisotopic (exact) mass is 302 g/mol. The molecule has 108 valence electrons. The first kappa shape index (κ1) is 15.1. The lowest BCUT2D eigenvalue weighted by atomic mass is 10.1. The molecule has 5 nitrogen and oxygen atoms in total. The van der Waals surface area contributed by atoms with Crippen molar-refractivity contribution in [2.45, 2.75) is 0 Å². The molecule has 0 radical (unpaired) electrons. The number of amides is 1. The van der Waals surface area contributed by atoms with Gasteiger partial charge in [-0.2, -0.15) is 5.26 Å². The minimum atomic E-state index is -0.161. The van der Waals surface area contributed by atoms with Gasteiger partial charge in [0.15, 0.2) is 12.4 Å². The van der Waals surface area contributed by atoms with Crippen molar-refractivity contribution in [3.05, 3.63) is 36.4 Å². The summed E-state index contributed by atoms with van der Waals surface area (Å²) in [6, 6.07) is 7.01. The van der Waals surface area contributed by atoms with Gasteiger partial charge in [0.05, 0.1) is 23.3 Å². The number of carbonyl (C=O) groups is 2. The molecule has 0 N–H and O–H groups in total. The number of hydrogen-bond acceptors (Lipinski definition) is 5. The molecule has 1 aliphatic rings. The van der Waals surface area contributed by atoms with Crippen LogP contribution >= 0.6 is 11.8 Å². The van der Waals surface area contributed by atoms with Gasteiger partial charge in [0.25, 0.3) is 5.91 Å². The molecule has 2 rings (SSSR count). The number of nitriles is 1. The van der Waals surface area contributed by atoms with Crippen LogP contribution < -0.4 is 9.64 Å². The summed E-state index contributed by atoms with van der Waals surface area (Å²) in [7, 11) is 0. The van der Waals surface area contributed by atoms with Gasteiger partial charge in [-0.15, -0.1) is 18.3 Å². The van der Waals surface area contributed by atoms with E-state index < -0.39 is 0 Å². The Kier molecular flexibility index (Phi) is 5.01. The first-order valence-electron chi connectivity index (χ1n) is 6.33. The van der Waals surface area contributed by atoms with Crippen molar-refractivity contribution in [1.82, 2.24) is 0 Å². The fourth-order valence-electron chi connectivity index (χ4n) is 1.98. The number of thioether (sulfide) groups is 1. The first-order valence-corrected chi connectivity index (χ1v) is 7.49. The summed E-state index contributed by atoms with van der Waals surface area (Å²) in [5, 5.41) is 8.48. The number of ketones is 1. The van der Waals surface area contributed by atoms with Crippen LogP contribution in [0.2, 0.25) is 0 Å². The van der Waals surface area contributed by atoms with Crippen molar-refractivity contribution >= 4 is 29.1 Å². The lowest BCUT2D eigenvalue weighted by Gasteiger charge is -2.28. The topological polar surface area (TPSA) is 70.4 Å². The Morgan fingerprint density at radius 2 is 2.38 bits per heavy atom. The van der Waals surface area contributed by atoms with Gasteiger partial charge in [-0.25, -0.2) is 0 Å². The smallest absolute Gasteiger partial charge is 0.265 e. The summed E-state index contributed by atoms with van der Waals surface area (Å²) in [5.74, 6) is 0.863. The van der Waals surface area contributed by atoms with E-state index in [1.165, 1.54) is 11.8 Å². The summed E-state index contributed by atoms with van der Waals surface area (Å²) in [6.07, 6.45) is 1.63. The Labute approximate surface area is 127 Å². The van der Waals surface area contributed by atoms with E-state index in [-0.39, 0.29) is 29.8 Å². The summed E-state index contributed by atoms with van der Waals surface area (Å²) >= 11 is 1.27. The zero-order chi connectivity index (χ0) is 15.2.